The summed E-state index contributed by atoms with van der Waals surface area (Å²) in [6, 6.07) is 22.5. The molecule has 0 radical (unpaired) electrons. The molecule has 6 nitrogen and oxygen atoms in total. The number of nitrogens with zero attached hydrogens (tertiary/aromatic N) is 2. The molecule has 0 fully saturated rings. The summed E-state index contributed by atoms with van der Waals surface area (Å²) in [4.78, 5) is 29.8. The van der Waals surface area contributed by atoms with Crippen LogP contribution in [0.25, 0.3) is 11.0 Å². The lowest BCUT2D eigenvalue weighted by Crippen LogP contribution is -2.12. The molecule has 0 spiro atoms. The van der Waals surface area contributed by atoms with Gasteiger partial charge in [0.05, 0.1) is 43.1 Å². The molecule has 3 aromatic carbocycles. The van der Waals surface area contributed by atoms with Gasteiger partial charge in [-0.1, -0.05) is 60.3 Å². The fraction of sp³-hybridized carbons (Fsp3) is 0.160. The first-order valence-electron chi connectivity index (χ1n) is 10.0. The summed E-state index contributed by atoms with van der Waals surface area (Å²) >= 11 is 1.35. The molecule has 0 N–H and O–H groups in total. The lowest BCUT2D eigenvalue weighted by molar-refractivity contribution is 0.0597. The number of esters is 1. The molecule has 170 valence electrons. The van der Waals surface area contributed by atoms with Crippen LogP contribution in [0.1, 0.15) is 26.3 Å². The lowest BCUT2D eigenvalue weighted by atomic mass is 10.0. The zero-order valence-electron chi connectivity index (χ0n) is 18.2. The van der Waals surface area contributed by atoms with E-state index in [4.69, 9.17) is 14.5 Å². The molecule has 8 heteroatoms. The average Bonchev–Trinajstić information content (AvgIpc) is 3.18. The van der Waals surface area contributed by atoms with E-state index in [1.54, 1.807) is 31.4 Å². The Morgan fingerprint density at radius 3 is 2.33 bits per heavy atom. The second kappa shape index (κ2) is 11.2. The number of aromatic nitrogens is 2. The van der Waals surface area contributed by atoms with Crippen molar-refractivity contribution in [3.63, 3.8) is 0 Å². The van der Waals surface area contributed by atoms with Gasteiger partial charge in [-0.15, -0.1) is 17.0 Å². The van der Waals surface area contributed by atoms with E-state index in [0.717, 1.165) is 27.5 Å². The van der Waals surface area contributed by atoms with Crippen LogP contribution in [0.5, 0.6) is 5.75 Å². The van der Waals surface area contributed by atoms with E-state index in [2.05, 4.69) is 16.7 Å². The van der Waals surface area contributed by atoms with Gasteiger partial charge >= 0.3 is 5.97 Å². The fourth-order valence-corrected chi connectivity index (χ4v) is 4.36. The molecule has 0 unspecified atom stereocenters. The SMILES string of the molecule is Br.COC(=O)c1ccccc1C(=O)CSc1nc2cc(OC)ccc2n1Cc1ccccc1. The van der Waals surface area contributed by atoms with E-state index in [0.29, 0.717) is 12.1 Å². The minimum atomic E-state index is -0.526. The van der Waals surface area contributed by atoms with Crippen LogP contribution in [0, 0.1) is 0 Å². The fourth-order valence-electron chi connectivity index (χ4n) is 3.47. The van der Waals surface area contributed by atoms with E-state index in [9.17, 15) is 9.59 Å². The van der Waals surface area contributed by atoms with Crippen molar-refractivity contribution < 1.29 is 19.1 Å². The highest BCUT2D eigenvalue weighted by Crippen LogP contribution is 2.28. The van der Waals surface area contributed by atoms with Crippen molar-refractivity contribution in [2.45, 2.75) is 11.7 Å². The predicted octanol–water partition coefficient (Wildman–Crippen LogP) is 5.43. The van der Waals surface area contributed by atoms with Crippen molar-refractivity contribution in [1.82, 2.24) is 9.55 Å². The molecule has 33 heavy (non-hydrogen) atoms. The van der Waals surface area contributed by atoms with Crippen molar-refractivity contribution in [3.8, 4) is 5.75 Å². The van der Waals surface area contributed by atoms with Crippen LogP contribution in [0.15, 0.2) is 78.0 Å². The smallest absolute Gasteiger partial charge is 0.338 e. The Balaban J connectivity index is 0.00000306. The van der Waals surface area contributed by atoms with Crippen LogP contribution in [0.3, 0.4) is 0 Å². The molecule has 0 saturated carbocycles. The molecular weight excluding hydrogens is 504 g/mol. The second-order valence-corrected chi connectivity index (χ2v) is 8.01. The van der Waals surface area contributed by atoms with Gasteiger partial charge in [0.15, 0.2) is 10.9 Å². The molecule has 4 rings (SSSR count). The van der Waals surface area contributed by atoms with Gasteiger partial charge in [-0.05, 0) is 23.8 Å². The Morgan fingerprint density at radius 1 is 0.939 bits per heavy atom. The first kappa shape index (κ1) is 24.5. The number of benzene rings is 3. The van der Waals surface area contributed by atoms with E-state index >= 15 is 0 Å². The number of carbonyl (C=O) groups is 2. The summed E-state index contributed by atoms with van der Waals surface area (Å²) in [6.07, 6.45) is 0. The van der Waals surface area contributed by atoms with Gasteiger partial charge < -0.3 is 14.0 Å². The number of methoxy groups -OCH3 is 2. The number of halogens is 1. The highest BCUT2D eigenvalue weighted by atomic mass is 79.9. The van der Waals surface area contributed by atoms with E-state index in [-0.39, 0.29) is 34.1 Å². The predicted molar refractivity (Wildman–Crippen MR) is 135 cm³/mol. The normalized spacial score (nSPS) is 10.5. The summed E-state index contributed by atoms with van der Waals surface area (Å²) in [6.45, 7) is 0.624. The maximum atomic E-state index is 13.0. The summed E-state index contributed by atoms with van der Waals surface area (Å²) in [5.74, 6) is 0.180. The molecule has 1 heterocycles. The number of Topliss-reactive ketones (excluding diaryl/α,β-unsaturated/α-hetero) is 1. The molecule has 0 saturated heterocycles. The largest absolute Gasteiger partial charge is 0.497 e. The minimum absolute atomic E-state index is 0. The third-order valence-corrected chi connectivity index (χ3v) is 6.05. The number of rotatable bonds is 8. The number of fused-ring (bicyclic) bond motifs is 1. The summed E-state index contributed by atoms with van der Waals surface area (Å²) in [7, 11) is 2.92. The Hall–Kier alpha value is -3.10. The number of ketones is 1. The quantitative estimate of drug-likeness (QED) is 0.173. The maximum Gasteiger partial charge on any atom is 0.338 e. The summed E-state index contributed by atoms with van der Waals surface area (Å²) in [5.41, 5.74) is 3.50. The number of hydrogen-bond donors (Lipinski definition) is 0. The Bertz CT molecular complexity index is 1270. The second-order valence-electron chi connectivity index (χ2n) is 7.07. The number of imidazole rings is 1. The molecule has 0 aliphatic rings. The van der Waals surface area contributed by atoms with Crippen molar-refractivity contribution >= 4 is 51.5 Å². The van der Waals surface area contributed by atoms with Gasteiger partial charge in [0.25, 0.3) is 0 Å². The zero-order valence-corrected chi connectivity index (χ0v) is 20.7. The first-order valence-corrected chi connectivity index (χ1v) is 11.0. The highest BCUT2D eigenvalue weighted by Gasteiger charge is 2.19. The van der Waals surface area contributed by atoms with Crippen LogP contribution in [0.4, 0.5) is 0 Å². The van der Waals surface area contributed by atoms with Crippen molar-refractivity contribution in [2.75, 3.05) is 20.0 Å². The highest BCUT2D eigenvalue weighted by molar-refractivity contribution is 8.93. The van der Waals surface area contributed by atoms with Crippen LogP contribution >= 0.6 is 28.7 Å². The molecule has 4 aromatic rings. The van der Waals surface area contributed by atoms with Gasteiger partial charge in [0, 0.05) is 11.6 Å². The van der Waals surface area contributed by atoms with Gasteiger partial charge in [-0.25, -0.2) is 9.78 Å². The van der Waals surface area contributed by atoms with E-state index < -0.39 is 5.97 Å². The van der Waals surface area contributed by atoms with Gasteiger partial charge in [-0.2, -0.15) is 0 Å². The topological polar surface area (TPSA) is 70.4 Å². The first-order chi connectivity index (χ1) is 15.6. The Morgan fingerprint density at radius 2 is 1.64 bits per heavy atom. The van der Waals surface area contributed by atoms with Gasteiger partial charge in [0.1, 0.15) is 5.75 Å². The van der Waals surface area contributed by atoms with Crippen LogP contribution in [-0.2, 0) is 11.3 Å². The monoisotopic (exact) mass is 526 g/mol. The summed E-state index contributed by atoms with van der Waals surface area (Å²) < 4.78 is 12.2. The van der Waals surface area contributed by atoms with Gasteiger partial charge in [0.2, 0.25) is 0 Å². The molecule has 0 amide bonds. The van der Waals surface area contributed by atoms with Crippen LogP contribution in [-0.4, -0.2) is 41.3 Å². The molecule has 1 aromatic heterocycles. The molecule has 0 aliphatic carbocycles. The number of thioether (sulfide) groups is 1. The molecule has 0 bridgehead atoms. The van der Waals surface area contributed by atoms with Crippen LogP contribution in [0.2, 0.25) is 0 Å². The van der Waals surface area contributed by atoms with Gasteiger partial charge in [-0.3, -0.25) is 4.79 Å². The standard InChI is InChI=1S/C25H22N2O4S.BrH/c1-30-18-12-13-22-21(14-18)26-25(27(22)15-17-8-4-3-5-9-17)32-16-23(28)19-10-6-7-11-20(19)24(29)31-2;/h3-14H,15-16H2,1-2H3;1H. The van der Waals surface area contributed by atoms with E-state index in [1.165, 1.54) is 18.9 Å². The minimum Gasteiger partial charge on any atom is -0.497 e. The van der Waals surface area contributed by atoms with Crippen molar-refractivity contribution in [2.24, 2.45) is 0 Å². The molecule has 0 aliphatic heterocycles. The number of carbonyl (C=O) groups excluding carboxylic acids is 2. The lowest BCUT2D eigenvalue weighted by Gasteiger charge is -2.10. The molecule has 0 atom stereocenters. The number of ether oxygens (including phenoxy) is 2. The number of hydrogen-bond acceptors (Lipinski definition) is 6. The maximum absolute atomic E-state index is 13.0. The third kappa shape index (κ3) is 5.46. The van der Waals surface area contributed by atoms with Crippen molar-refractivity contribution in [3.05, 3.63) is 89.5 Å². The van der Waals surface area contributed by atoms with Crippen LogP contribution < -0.4 is 4.74 Å². The Kier molecular flexibility index (Phi) is 8.30. The average molecular weight is 527 g/mol. The summed E-state index contributed by atoms with van der Waals surface area (Å²) in [5, 5.41) is 0.723. The Labute approximate surface area is 206 Å². The zero-order chi connectivity index (χ0) is 22.5. The third-order valence-electron chi connectivity index (χ3n) is 5.07. The van der Waals surface area contributed by atoms with Crippen molar-refractivity contribution in [1.29, 1.82) is 0 Å². The molecular formula is C25H23BrN2O4S. The van der Waals surface area contributed by atoms with E-state index in [1.807, 2.05) is 36.4 Å².